The third-order valence-electron chi connectivity index (χ3n) is 7.91. The molecule has 3 atom stereocenters. The molecule has 4 rings (SSSR count). The largest absolute Gasteiger partial charge is 0.523 e. The van der Waals surface area contributed by atoms with Crippen LogP contribution in [0.2, 0.25) is 5.04 Å². The van der Waals surface area contributed by atoms with E-state index >= 15 is 0 Å². The predicted octanol–water partition coefficient (Wildman–Crippen LogP) is 6.13. The molecule has 1 aliphatic rings. The molecule has 1 heterocycles. The van der Waals surface area contributed by atoms with Crippen LogP contribution in [0, 0.1) is 0 Å². The van der Waals surface area contributed by atoms with Gasteiger partial charge in [-0.1, -0.05) is 106 Å². The number of rotatable bonds is 12. The van der Waals surface area contributed by atoms with Crippen molar-refractivity contribution in [1.82, 2.24) is 0 Å². The zero-order valence-electron chi connectivity index (χ0n) is 26.4. The average molecular weight is 679 g/mol. The molecule has 1 aliphatic heterocycles. The van der Waals surface area contributed by atoms with E-state index in [1.807, 2.05) is 48.6 Å². The maximum Gasteiger partial charge on any atom is 0.523 e. The first-order chi connectivity index (χ1) is 21.8. The zero-order valence-corrected chi connectivity index (χ0v) is 28.2. The lowest BCUT2D eigenvalue weighted by atomic mass is 10.1. The lowest BCUT2D eigenvalue weighted by molar-refractivity contribution is -0.130. The van der Waals surface area contributed by atoms with Gasteiger partial charge in [-0.15, -0.1) is 0 Å². The molecule has 0 aromatic heterocycles. The summed E-state index contributed by atoms with van der Waals surface area (Å²) in [7, 11) is -7.26. The van der Waals surface area contributed by atoms with E-state index in [-0.39, 0.29) is 24.7 Å². The lowest BCUT2D eigenvalue weighted by Crippen LogP contribution is -2.67. The molecule has 0 N–H and O–H groups in total. The summed E-state index contributed by atoms with van der Waals surface area (Å²) in [5.41, 5.74) is -4.78. The van der Waals surface area contributed by atoms with E-state index in [2.05, 4.69) is 49.2 Å². The summed E-state index contributed by atoms with van der Waals surface area (Å²) in [4.78, 5) is 0. The normalized spacial score (nSPS) is 20.5. The van der Waals surface area contributed by atoms with Crippen LogP contribution >= 0.6 is 0 Å². The van der Waals surface area contributed by atoms with Gasteiger partial charge in [0.15, 0.2) is 0 Å². The third kappa shape index (κ3) is 8.67. The molecule has 46 heavy (non-hydrogen) atoms. The molecule has 0 saturated carbocycles. The second-order valence-corrected chi connectivity index (χ2v) is 18.0. The van der Waals surface area contributed by atoms with Crippen LogP contribution < -0.4 is 15.1 Å². The van der Waals surface area contributed by atoms with Crippen LogP contribution in [0.1, 0.15) is 39.2 Å². The summed E-state index contributed by atoms with van der Waals surface area (Å²) < 4.78 is 92.5. The Morgan fingerprint density at radius 3 is 1.91 bits per heavy atom. The van der Waals surface area contributed by atoms with Gasteiger partial charge in [-0.25, -0.2) is 0 Å². The fourth-order valence-electron chi connectivity index (χ4n) is 5.58. The van der Waals surface area contributed by atoms with Crippen molar-refractivity contribution in [1.29, 1.82) is 0 Å². The Kier molecular flexibility index (Phi) is 11.9. The van der Waals surface area contributed by atoms with Gasteiger partial charge in [-0.05, 0) is 45.9 Å². The highest BCUT2D eigenvalue weighted by Gasteiger charge is 2.51. The third-order valence-corrected chi connectivity index (χ3v) is 13.9. The maximum absolute atomic E-state index is 13.2. The van der Waals surface area contributed by atoms with Gasteiger partial charge in [-0.2, -0.15) is 21.6 Å². The molecule has 0 amide bonds. The van der Waals surface area contributed by atoms with Gasteiger partial charge in [0.05, 0.1) is 39.1 Å². The van der Waals surface area contributed by atoms with Crippen LogP contribution in [0.25, 0.3) is 0 Å². The highest BCUT2D eigenvalue weighted by atomic mass is 32.2. The number of ether oxygens (including phenoxy) is 3. The molecule has 3 aromatic carbocycles. The summed E-state index contributed by atoms with van der Waals surface area (Å²) in [6.07, 6.45) is 1.87. The Labute approximate surface area is 270 Å². The van der Waals surface area contributed by atoms with E-state index < -0.39 is 48.9 Å². The van der Waals surface area contributed by atoms with E-state index in [9.17, 15) is 21.6 Å². The molecule has 0 spiro atoms. The van der Waals surface area contributed by atoms with Crippen molar-refractivity contribution in [3.8, 4) is 5.75 Å². The van der Waals surface area contributed by atoms with Gasteiger partial charge >= 0.3 is 15.6 Å². The molecule has 12 heteroatoms. The standard InChI is InChI=1S/C34H41F3O7SSi/c1-33(2,3)46(29-14-7-5-8-15-29,30-16-9-6-10-17-30)43-24-28-13-11-12-18-31(41-23-26-19-21-27(40-4)22-20-26)32(44-28)25-42-45(38,39)34(35,36)37/h5-12,14-17,19-22,28,31-32H,13,18,23-25H2,1-4H3/b12-11-/t28-,31-,32-/m1/s1. The van der Waals surface area contributed by atoms with Gasteiger partial charge in [0.25, 0.3) is 8.32 Å². The quantitative estimate of drug-likeness (QED) is 0.0988. The van der Waals surface area contributed by atoms with E-state index in [1.165, 1.54) is 0 Å². The van der Waals surface area contributed by atoms with Gasteiger partial charge in [0.1, 0.15) is 11.9 Å². The zero-order chi connectivity index (χ0) is 33.4. The smallest absolute Gasteiger partial charge is 0.497 e. The number of hydrogen-bond donors (Lipinski definition) is 0. The Bertz CT molecular complexity index is 1470. The molecule has 0 aliphatic carbocycles. The SMILES string of the molecule is COc1ccc(CO[C@@H]2C/C=C\C[C@H](CO[Si](c3ccccc3)(c3ccccc3)C(C)(C)C)O[C@@H]2COS(=O)(=O)C(F)(F)F)cc1. The highest BCUT2D eigenvalue weighted by Crippen LogP contribution is 2.37. The van der Waals surface area contributed by atoms with Gasteiger partial charge in [0.2, 0.25) is 0 Å². The Morgan fingerprint density at radius 2 is 1.39 bits per heavy atom. The molecule has 250 valence electrons. The number of alkyl halides is 3. The fourth-order valence-corrected chi connectivity index (χ4v) is 10.6. The molecule has 0 fully saturated rings. The van der Waals surface area contributed by atoms with E-state index in [1.54, 1.807) is 31.4 Å². The first-order valence-corrected chi connectivity index (χ1v) is 18.3. The second-order valence-electron chi connectivity index (χ2n) is 12.1. The van der Waals surface area contributed by atoms with Crippen molar-refractivity contribution < 1.29 is 44.4 Å². The molecule has 3 aromatic rings. The maximum atomic E-state index is 13.2. The first-order valence-electron chi connectivity index (χ1n) is 15.0. The Balaban J connectivity index is 1.62. The summed E-state index contributed by atoms with van der Waals surface area (Å²) in [5.74, 6) is 0.660. The second kappa shape index (κ2) is 15.3. The van der Waals surface area contributed by atoms with Crippen molar-refractivity contribution in [3.63, 3.8) is 0 Å². The molecule has 0 radical (unpaired) electrons. The molecule has 7 nitrogen and oxygen atoms in total. The van der Waals surface area contributed by atoms with Crippen LogP contribution in [0.15, 0.2) is 97.1 Å². The highest BCUT2D eigenvalue weighted by molar-refractivity contribution is 7.87. The van der Waals surface area contributed by atoms with Crippen molar-refractivity contribution in [2.24, 2.45) is 0 Å². The molecular weight excluding hydrogens is 638 g/mol. The van der Waals surface area contributed by atoms with Crippen molar-refractivity contribution in [2.75, 3.05) is 20.3 Å². The first kappa shape index (κ1) is 35.8. The minimum Gasteiger partial charge on any atom is -0.497 e. The van der Waals surface area contributed by atoms with E-state index in [4.69, 9.17) is 18.6 Å². The van der Waals surface area contributed by atoms with E-state index in [0.29, 0.717) is 12.2 Å². The monoisotopic (exact) mass is 678 g/mol. The Hall–Kier alpha value is -3.00. The van der Waals surface area contributed by atoms with E-state index in [0.717, 1.165) is 15.9 Å². The summed E-state index contributed by atoms with van der Waals surface area (Å²) >= 11 is 0. The number of halogens is 3. The minimum absolute atomic E-state index is 0.103. The number of methoxy groups -OCH3 is 1. The lowest BCUT2D eigenvalue weighted by Gasteiger charge is -2.44. The topological polar surface area (TPSA) is 80.3 Å². The summed E-state index contributed by atoms with van der Waals surface area (Å²) in [6, 6.07) is 27.2. The predicted molar refractivity (Wildman–Crippen MR) is 173 cm³/mol. The Morgan fingerprint density at radius 1 is 0.826 bits per heavy atom. The van der Waals surface area contributed by atoms with Crippen LogP contribution in [0.4, 0.5) is 13.2 Å². The molecule has 0 bridgehead atoms. The number of hydrogen-bond acceptors (Lipinski definition) is 7. The molecular formula is C34H41F3O7SSi. The summed E-state index contributed by atoms with van der Waals surface area (Å²) in [6.45, 7) is 5.75. The molecule has 0 unspecified atom stereocenters. The summed E-state index contributed by atoms with van der Waals surface area (Å²) in [5, 5.41) is 1.80. The average Bonchev–Trinajstić information content (AvgIpc) is 3.01. The van der Waals surface area contributed by atoms with Crippen molar-refractivity contribution in [2.45, 2.75) is 69.1 Å². The van der Waals surface area contributed by atoms with Gasteiger partial charge < -0.3 is 18.6 Å². The van der Waals surface area contributed by atoms with Crippen LogP contribution in [0.3, 0.4) is 0 Å². The van der Waals surface area contributed by atoms with Crippen molar-refractivity contribution >= 4 is 28.8 Å². The van der Waals surface area contributed by atoms with Crippen LogP contribution in [-0.4, -0.2) is 60.9 Å². The van der Waals surface area contributed by atoms with Crippen LogP contribution in [-0.2, 0) is 34.8 Å². The molecule has 0 saturated heterocycles. The fraction of sp³-hybridized carbons (Fsp3) is 0.412. The number of benzene rings is 3. The van der Waals surface area contributed by atoms with Crippen LogP contribution in [0.5, 0.6) is 5.75 Å². The van der Waals surface area contributed by atoms with Gasteiger partial charge in [0, 0.05) is 0 Å². The van der Waals surface area contributed by atoms with Crippen molar-refractivity contribution in [3.05, 3.63) is 103 Å². The minimum atomic E-state index is -5.85. The van der Waals surface area contributed by atoms with Gasteiger partial charge in [-0.3, -0.25) is 4.18 Å².